The lowest BCUT2D eigenvalue weighted by Crippen LogP contribution is -2.41. The van der Waals surface area contributed by atoms with Gasteiger partial charge in [0, 0.05) is 36.0 Å². The second-order valence-corrected chi connectivity index (χ2v) is 12.8. The van der Waals surface area contributed by atoms with Gasteiger partial charge < -0.3 is 30.2 Å². The molecule has 0 radical (unpaired) electrons. The Balaban J connectivity index is 0.000000198. The van der Waals surface area contributed by atoms with Crippen LogP contribution < -0.4 is 16.5 Å². The number of nitrogens with one attached hydrogen (secondary N) is 1. The van der Waals surface area contributed by atoms with Crippen LogP contribution in [0.1, 0.15) is 53.4 Å². The van der Waals surface area contributed by atoms with Crippen molar-refractivity contribution in [2.45, 2.75) is 76.7 Å². The van der Waals surface area contributed by atoms with Crippen LogP contribution in [-0.4, -0.2) is 90.3 Å². The number of nitrogens with zero attached hydrogens (tertiary/aromatic N) is 4. The van der Waals surface area contributed by atoms with Crippen molar-refractivity contribution in [3.63, 3.8) is 0 Å². The minimum atomic E-state index is -0.891. The molecule has 3 fully saturated rings. The zero-order chi connectivity index (χ0) is 33.5. The Hall–Kier alpha value is -3.24. The van der Waals surface area contributed by atoms with Crippen LogP contribution in [0.4, 0.5) is 25.8 Å². The summed E-state index contributed by atoms with van der Waals surface area (Å²) < 4.78 is 38.5. The average molecular weight is 635 g/mol. The number of hydrogen-bond donors (Lipinski definition) is 2. The first-order chi connectivity index (χ1) is 21.0. The number of nitro benzene ring substituents is 2. The quantitative estimate of drug-likeness (QED) is 0.277. The number of halogens is 2. The van der Waals surface area contributed by atoms with Gasteiger partial charge in [-0.25, -0.2) is 0 Å². The van der Waals surface area contributed by atoms with E-state index in [1.165, 1.54) is 44.1 Å². The molecule has 3 aliphatic rings. The first-order valence-electron chi connectivity index (χ1n) is 15.1. The predicted octanol–water partition coefficient (Wildman–Crippen LogP) is 4.31. The second-order valence-electron chi connectivity index (χ2n) is 12.8. The summed E-state index contributed by atoms with van der Waals surface area (Å²) in [6.45, 7) is 11.9. The Morgan fingerprint density at radius 3 is 1.69 bits per heavy atom. The second kappa shape index (κ2) is 15.4. The highest BCUT2D eigenvalue weighted by atomic mass is 19.1. The molecule has 0 bridgehead atoms. The van der Waals surface area contributed by atoms with E-state index in [0.717, 1.165) is 38.1 Å². The molecule has 45 heavy (non-hydrogen) atoms. The maximum absolute atomic E-state index is 13.6. The highest BCUT2D eigenvalue weighted by Crippen LogP contribution is 2.36. The predicted molar refractivity (Wildman–Crippen MR) is 171 cm³/mol. The lowest BCUT2D eigenvalue weighted by molar-refractivity contribution is -0.387. The van der Waals surface area contributed by atoms with Crippen molar-refractivity contribution >= 4 is 29.6 Å². The number of nitro groups is 2. The normalized spacial score (nSPS) is 20.4. The average Bonchev–Trinajstić information content (AvgIpc) is 3.18. The number of nitrogens with two attached hydrogens (primary N) is 1. The fourth-order valence-electron chi connectivity index (χ4n) is 4.96. The summed E-state index contributed by atoms with van der Waals surface area (Å²) in [5, 5.41) is 24.3. The third-order valence-electron chi connectivity index (χ3n) is 8.69. The highest BCUT2D eigenvalue weighted by molar-refractivity contribution is 6.62. The maximum Gasteiger partial charge on any atom is 0.494 e. The minimum absolute atomic E-state index is 0.307. The van der Waals surface area contributed by atoms with Gasteiger partial charge in [0.05, 0.1) is 21.0 Å². The van der Waals surface area contributed by atoms with Gasteiger partial charge >= 0.3 is 18.5 Å². The first kappa shape index (κ1) is 36.2. The van der Waals surface area contributed by atoms with E-state index in [1.807, 2.05) is 27.7 Å². The zero-order valence-corrected chi connectivity index (χ0v) is 26.9. The van der Waals surface area contributed by atoms with E-state index in [2.05, 4.69) is 29.2 Å². The molecule has 3 heterocycles. The lowest BCUT2D eigenvalue weighted by atomic mass is 9.79. The molecule has 3 saturated heterocycles. The lowest BCUT2D eigenvalue weighted by Gasteiger charge is -2.32. The number of rotatable bonds is 5. The largest absolute Gasteiger partial charge is 0.494 e. The summed E-state index contributed by atoms with van der Waals surface area (Å²) in [6.07, 6.45) is 4.34. The van der Waals surface area contributed by atoms with Crippen LogP contribution in [-0.2, 0) is 9.31 Å². The summed E-state index contributed by atoms with van der Waals surface area (Å²) in [4.78, 5) is 24.2. The van der Waals surface area contributed by atoms with Crippen LogP contribution in [0, 0.1) is 31.9 Å². The molecule has 5 rings (SSSR count). The van der Waals surface area contributed by atoms with Gasteiger partial charge in [0.2, 0.25) is 5.82 Å². The van der Waals surface area contributed by atoms with E-state index in [0.29, 0.717) is 23.2 Å². The van der Waals surface area contributed by atoms with Crippen LogP contribution in [0.15, 0.2) is 36.4 Å². The number of piperidine rings is 2. The first-order valence-corrected chi connectivity index (χ1v) is 15.1. The monoisotopic (exact) mass is 634 g/mol. The zero-order valence-electron chi connectivity index (χ0n) is 26.9. The molecule has 3 aliphatic heterocycles. The van der Waals surface area contributed by atoms with Crippen LogP contribution >= 0.6 is 0 Å². The molecule has 12 nitrogen and oxygen atoms in total. The molecule has 0 aliphatic carbocycles. The van der Waals surface area contributed by atoms with E-state index in [1.54, 1.807) is 6.07 Å². The molecule has 0 aromatic heterocycles. The number of benzene rings is 2. The summed E-state index contributed by atoms with van der Waals surface area (Å²) in [5.74, 6) is -1.69. The van der Waals surface area contributed by atoms with Crippen molar-refractivity contribution < 1.29 is 27.9 Å². The van der Waals surface area contributed by atoms with E-state index < -0.39 is 51.2 Å². The van der Waals surface area contributed by atoms with Crippen molar-refractivity contribution in [3.05, 3.63) is 68.3 Å². The van der Waals surface area contributed by atoms with Crippen LogP contribution in [0.2, 0.25) is 0 Å². The summed E-state index contributed by atoms with van der Waals surface area (Å²) >= 11 is 0. The number of hydrogen-bond acceptors (Lipinski definition) is 10. The topological polar surface area (TPSA) is 149 Å². The molecule has 15 heteroatoms. The Morgan fingerprint density at radius 1 is 0.822 bits per heavy atom. The smallest absolute Gasteiger partial charge is 0.399 e. The molecule has 3 N–H and O–H groups in total. The van der Waals surface area contributed by atoms with Gasteiger partial charge in [-0.2, -0.15) is 8.78 Å². The molecule has 0 atom stereocenters. The van der Waals surface area contributed by atoms with Crippen molar-refractivity contribution in [3.8, 4) is 0 Å². The molecular weight excluding hydrogens is 589 g/mol. The molecular formula is C30H45BF2N6O6. The van der Waals surface area contributed by atoms with Gasteiger partial charge in [-0.1, -0.05) is 6.07 Å². The Labute approximate surface area is 263 Å². The van der Waals surface area contributed by atoms with Crippen LogP contribution in [0.3, 0.4) is 0 Å². The van der Waals surface area contributed by atoms with E-state index in [9.17, 15) is 29.0 Å². The Bertz CT molecular complexity index is 1290. The van der Waals surface area contributed by atoms with Crippen LogP contribution in [0.5, 0.6) is 0 Å². The third-order valence-corrected chi connectivity index (χ3v) is 8.69. The number of anilines is 1. The molecule has 0 saturated carbocycles. The van der Waals surface area contributed by atoms with E-state index in [-0.39, 0.29) is 0 Å². The molecule has 0 spiro atoms. The minimum Gasteiger partial charge on any atom is -0.399 e. The third kappa shape index (κ3) is 10.1. The summed E-state index contributed by atoms with van der Waals surface area (Å²) in [6, 6.07) is 8.38. The highest BCUT2D eigenvalue weighted by Gasteiger charge is 2.51. The van der Waals surface area contributed by atoms with Gasteiger partial charge in [0.15, 0.2) is 5.82 Å². The molecule has 248 valence electrons. The summed E-state index contributed by atoms with van der Waals surface area (Å²) in [7, 11) is 3.49. The molecule has 0 unspecified atom stereocenters. The van der Waals surface area contributed by atoms with E-state index in [4.69, 9.17) is 15.0 Å². The van der Waals surface area contributed by atoms with Gasteiger partial charge in [-0.05, 0) is 111 Å². The summed E-state index contributed by atoms with van der Waals surface area (Å²) in [5.41, 5.74) is 4.61. The van der Waals surface area contributed by atoms with Crippen molar-refractivity contribution in [1.82, 2.24) is 9.80 Å². The van der Waals surface area contributed by atoms with Crippen LogP contribution in [0.25, 0.3) is 0 Å². The number of likely N-dealkylation sites (tertiary alicyclic amines) is 2. The standard InChI is InChI=1S/C12H15BFNO4.C12H16FN3O2.C6H14N2/c1-11(2)12(3,4)19-13(18-11)8-5-6-10(15(16)17)9(14)7-8;1-15-6-4-9(5-7-15)14-10-2-3-12(16(17)18)11(13)8-10;1-8-4-2-6(7)3-5-8/h5-7H,1-4H3;2-3,8-9,14H,4-7H2,1H3;6H,2-5,7H2,1H3. The Morgan fingerprint density at radius 2 is 1.27 bits per heavy atom. The van der Waals surface area contributed by atoms with E-state index >= 15 is 0 Å². The maximum atomic E-state index is 13.6. The van der Waals surface area contributed by atoms with Crippen molar-refractivity contribution in [1.29, 1.82) is 0 Å². The molecule has 2 aromatic rings. The van der Waals surface area contributed by atoms with Gasteiger partial charge in [-0.15, -0.1) is 0 Å². The molecule has 2 aromatic carbocycles. The van der Waals surface area contributed by atoms with Crippen molar-refractivity contribution in [2.24, 2.45) is 5.73 Å². The fraction of sp³-hybridized carbons (Fsp3) is 0.600. The SMILES string of the molecule is CC1(C)OB(c2ccc([N+](=O)[O-])c(F)c2)OC1(C)C.CN1CCC(N)CC1.CN1CCC(Nc2ccc([N+](=O)[O-])c(F)c2)CC1. The van der Waals surface area contributed by atoms with Gasteiger partial charge in [0.1, 0.15) is 0 Å². The Kier molecular flexibility index (Phi) is 12.4. The van der Waals surface area contributed by atoms with Gasteiger partial charge in [0.25, 0.3) is 0 Å². The van der Waals surface area contributed by atoms with Gasteiger partial charge in [-0.3, -0.25) is 20.2 Å². The van der Waals surface area contributed by atoms with Crippen molar-refractivity contribution in [2.75, 3.05) is 45.6 Å². The fourth-order valence-corrected chi connectivity index (χ4v) is 4.96. The molecule has 0 amide bonds.